The summed E-state index contributed by atoms with van der Waals surface area (Å²) in [5, 5.41) is 13.7. The molecule has 1 aromatic rings. The van der Waals surface area contributed by atoms with E-state index in [9.17, 15) is 9.50 Å². The van der Waals surface area contributed by atoms with Crippen LogP contribution in [0.3, 0.4) is 0 Å². The van der Waals surface area contributed by atoms with Crippen molar-refractivity contribution in [1.29, 1.82) is 0 Å². The molecule has 5 heteroatoms. The smallest absolute Gasteiger partial charge is 0.179 e. The first-order valence-corrected chi connectivity index (χ1v) is 9.09. The Bertz CT molecular complexity index is 496. The topological polar surface area (TPSA) is 35.5 Å². The summed E-state index contributed by atoms with van der Waals surface area (Å²) in [5.74, 6) is -0.199. The zero-order valence-corrected chi connectivity index (χ0v) is 14.4. The average molecular weight is 371 g/mol. The predicted molar refractivity (Wildman–Crippen MR) is 89.5 cm³/mol. The van der Waals surface area contributed by atoms with Gasteiger partial charge in [-0.1, -0.05) is 25.3 Å². The lowest BCUT2D eigenvalue weighted by atomic mass is 9.80. The minimum Gasteiger partial charge on any atom is -0.505 e. The second-order valence-corrected chi connectivity index (χ2v) is 7.28. The number of aromatic hydroxyl groups is 1. The van der Waals surface area contributed by atoms with E-state index in [1.54, 1.807) is 6.07 Å². The van der Waals surface area contributed by atoms with Crippen LogP contribution in [-0.4, -0.2) is 36.2 Å². The number of phenolic OH excluding ortho intramolecular Hbond substituents is 1. The van der Waals surface area contributed by atoms with Crippen LogP contribution in [0.5, 0.6) is 5.75 Å². The van der Waals surface area contributed by atoms with Crippen molar-refractivity contribution in [1.82, 2.24) is 10.2 Å². The van der Waals surface area contributed by atoms with Crippen LogP contribution < -0.4 is 5.32 Å². The van der Waals surface area contributed by atoms with E-state index in [1.165, 1.54) is 32.1 Å². The molecule has 0 radical (unpaired) electrons. The molecule has 22 heavy (non-hydrogen) atoms. The van der Waals surface area contributed by atoms with Crippen molar-refractivity contribution in [2.45, 2.75) is 38.1 Å². The number of piperazine rings is 1. The van der Waals surface area contributed by atoms with Crippen LogP contribution in [0.2, 0.25) is 0 Å². The Morgan fingerprint density at radius 2 is 1.86 bits per heavy atom. The van der Waals surface area contributed by atoms with Gasteiger partial charge in [-0.2, -0.15) is 0 Å². The summed E-state index contributed by atoms with van der Waals surface area (Å²) in [4.78, 5) is 2.43. The number of nitrogens with zero attached hydrogens (tertiary/aromatic N) is 1. The number of rotatable bonds is 3. The molecular formula is C17H24BrFN2O. The van der Waals surface area contributed by atoms with Crippen molar-refractivity contribution in [2.24, 2.45) is 5.92 Å². The molecular weight excluding hydrogens is 347 g/mol. The van der Waals surface area contributed by atoms with Gasteiger partial charge in [0.05, 0.1) is 4.47 Å². The quantitative estimate of drug-likeness (QED) is 0.848. The summed E-state index contributed by atoms with van der Waals surface area (Å²) in [6, 6.07) is 3.75. The summed E-state index contributed by atoms with van der Waals surface area (Å²) in [6.45, 7) is 3.84. The third-order valence-corrected chi connectivity index (χ3v) is 5.67. The highest BCUT2D eigenvalue weighted by atomic mass is 79.9. The highest BCUT2D eigenvalue weighted by Crippen LogP contribution is 2.43. The van der Waals surface area contributed by atoms with Crippen molar-refractivity contribution in [3.63, 3.8) is 0 Å². The van der Waals surface area contributed by atoms with Crippen molar-refractivity contribution >= 4 is 15.9 Å². The van der Waals surface area contributed by atoms with Gasteiger partial charge in [-0.05, 0) is 40.8 Å². The number of hydrogen-bond donors (Lipinski definition) is 2. The minimum absolute atomic E-state index is 0.130. The van der Waals surface area contributed by atoms with Crippen molar-refractivity contribution in [3.05, 3.63) is 28.0 Å². The summed E-state index contributed by atoms with van der Waals surface area (Å²) in [6.07, 6.45) is 6.13. The third kappa shape index (κ3) is 3.31. The highest BCUT2D eigenvalue weighted by molar-refractivity contribution is 9.10. The summed E-state index contributed by atoms with van der Waals surface area (Å²) >= 11 is 3.16. The van der Waals surface area contributed by atoms with Gasteiger partial charge in [0.2, 0.25) is 0 Å². The molecule has 1 saturated heterocycles. The first kappa shape index (κ1) is 16.2. The summed E-state index contributed by atoms with van der Waals surface area (Å²) in [7, 11) is 0. The van der Waals surface area contributed by atoms with E-state index in [0.717, 1.165) is 31.7 Å². The number of hydrogen-bond acceptors (Lipinski definition) is 3. The maximum absolute atomic E-state index is 14.2. The van der Waals surface area contributed by atoms with Gasteiger partial charge in [-0.15, -0.1) is 0 Å². The van der Waals surface area contributed by atoms with Gasteiger partial charge in [0.1, 0.15) is 0 Å². The highest BCUT2D eigenvalue weighted by Gasteiger charge is 2.33. The van der Waals surface area contributed by atoms with Gasteiger partial charge in [0, 0.05) is 37.8 Å². The standard InChI is InChI=1S/C17H24BrFN2O/c18-14-7-6-13(17(22)15(14)19)16(12-4-2-1-3-5-12)21-10-8-20-9-11-21/h6-7,12,16,20,22H,1-5,8-11H2/t16-/m0/s1. The third-order valence-electron chi connectivity index (χ3n) is 5.06. The molecule has 1 heterocycles. The van der Waals surface area contributed by atoms with Crippen molar-refractivity contribution in [2.75, 3.05) is 26.2 Å². The molecule has 1 aromatic carbocycles. The molecule has 0 spiro atoms. The Kier molecular flexibility index (Phi) is 5.37. The van der Waals surface area contributed by atoms with Crippen LogP contribution in [0.25, 0.3) is 0 Å². The molecule has 1 atom stereocenters. The van der Waals surface area contributed by atoms with Crippen molar-refractivity contribution in [3.8, 4) is 5.75 Å². The van der Waals surface area contributed by atoms with Gasteiger partial charge in [0.25, 0.3) is 0 Å². The van der Waals surface area contributed by atoms with Crippen LogP contribution in [0.1, 0.15) is 43.7 Å². The van der Waals surface area contributed by atoms with Crippen LogP contribution in [0.4, 0.5) is 4.39 Å². The Morgan fingerprint density at radius 3 is 2.55 bits per heavy atom. The second kappa shape index (κ2) is 7.28. The molecule has 2 aliphatic rings. The molecule has 3 nitrogen and oxygen atoms in total. The molecule has 0 aromatic heterocycles. The fraction of sp³-hybridized carbons (Fsp3) is 0.647. The molecule has 0 bridgehead atoms. The Hall–Kier alpha value is -0.650. The summed E-state index contributed by atoms with van der Waals surface area (Å²) in [5.41, 5.74) is 0.759. The molecule has 2 N–H and O–H groups in total. The van der Waals surface area contributed by atoms with Gasteiger partial charge < -0.3 is 10.4 Å². The van der Waals surface area contributed by atoms with Gasteiger partial charge in [-0.3, -0.25) is 4.90 Å². The van der Waals surface area contributed by atoms with E-state index < -0.39 is 5.82 Å². The lowest BCUT2D eigenvalue weighted by Gasteiger charge is -2.41. The second-order valence-electron chi connectivity index (χ2n) is 6.43. The SMILES string of the molecule is Oc1c([C@H](C2CCCCC2)N2CCNCC2)ccc(Br)c1F. The summed E-state index contributed by atoms with van der Waals surface area (Å²) < 4.78 is 14.5. The number of halogens is 2. The normalized spacial score (nSPS) is 22.6. The van der Waals surface area contributed by atoms with E-state index in [1.807, 2.05) is 6.07 Å². The molecule has 3 rings (SSSR count). The van der Waals surface area contributed by atoms with E-state index in [-0.39, 0.29) is 11.8 Å². The lowest BCUT2D eigenvalue weighted by Crippen LogP contribution is -2.47. The fourth-order valence-electron chi connectivity index (χ4n) is 3.95. The van der Waals surface area contributed by atoms with Crippen LogP contribution in [0.15, 0.2) is 16.6 Å². The molecule has 2 fully saturated rings. The predicted octanol–water partition coefficient (Wildman–Crippen LogP) is 3.82. The molecule has 0 unspecified atom stereocenters. The van der Waals surface area contributed by atoms with Gasteiger partial charge in [-0.25, -0.2) is 4.39 Å². The molecule has 0 amide bonds. The number of phenols is 1. The van der Waals surface area contributed by atoms with Crippen LogP contribution >= 0.6 is 15.9 Å². The maximum Gasteiger partial charge on any atom is 0.179 e. The largest absolute Gasteiger partial charge is 0.505 e. The first-order chi connectivity index (χ1) is 10.7. The fourth-order valence-corrected chi connectivity index (χ4v) is 4.27. The van der Waals surface area contributed by atoms with Gasteiger partial charge >= 0.3 is 0 Å². The Labute approximate surface area is 140 Å². The van der Waals surface area contributed by atoms with E-state index in [0.29, 0.717) is 10.4 Å². The van der Waals surface area contributed by atoms with E-state index >= 15 is 0 Å². The van der Waals surface area contributed by atoms with Crippen LogP contribution in [-0.2, 0) is 0 Å². The number of benzene rings is 1. The molecule has 1 saturated carbocycles. The number of nitrogens with one attached hydrogen (secondary N) is 1. The van der Waals surface area contributed by atoms with E-state index in [4.69, 9.17) is 0 Å². The average Bonchev–Trinajstić information content (AvgIpc) is 2.57. The zero-order valence-electron chi connectivity index (χ0n) is 12.8. The molecule has 122 valence electrons. The zero-order chi connectivity index (χ0) is 15.5. The van der Waals surface area contributed by atoms with Crippen LogP contribution in [0, 0.1) is 11.7 Å². The molecule has 1 aliphatic carbocycles. The molecule has 1 aliphatic heterocycles. The first-order valence-electron chi connectivity index (χ1n) is 8.30. The maximum atomic E-state index is 14.2. The van der Waals surface area contributed by atoms with Gasteiger partial charge in [0.15, 0.2) is 11.6 Å². The minimum atomic E-state index is -0.534. The van der Waals surface area contributed by atoms with Crippen molar-refractivity contribution < 1.29 is 9.50 Å². The Morgan fingerprint density at radius 1 is 1.18 bits per heavy atom. The Balaban J connectivity index is 1.94. The van der Waals surface area contributed by atoms with E-state index in [2.05, 4.69) is 26.1 Å². The lowest BCUT2D eigenvalue weighted by molar-refractivity contribution is 0.101. The monoisotopic (exact) mass is 370 g/mol.